The largest absolute Gasteiger partial charge is 0.497 e. The minimum atomic E-state index is -4.19. The first-order valence-corrected chi connectivity index (χ1v) is 29.2. The molecule has 0 aromatic heterocycles. The second kappa shape index (κ2) is 25.1. The molecule has 7 aromatic rings. The Kier molecular flexibility index (Phi) is 17.8. The lowest BCUT2D eigenvalue weighted by molar-refractivity contribution is -0.124. The van der Waals surface area contributed by atoms with Crippen molar-refractivity contribution in [2.45, 2.75) is 102 Å². The summed E-state index contributed by atoms with van der Waals surface area (Å²) in [4.78, 5) is 47.0. The number of carbonyl (C=O) groups excluding carboxylic acids is 3. The van der Waals surface area contributed by atoms with Crippen molar-refractivity contribution in [3.05, 3.63) is 206 Å². The highest BCUT2D eigenvalue weighted by Crippen LogP contribution is 2.46. The fourth-order valence-electron chi connectivity index (χ4n) is 11.0. The minimum Gasteiger partial charge on any atom is -0.497 e. The molecule has 0 spiro atoms. The molecule has 0 fully saturated rings. The van der Waals surface area contributed by atoms with Gasteiger partial charge in [-0.2, -0.15) is 0 Å². The SMILES string of the molecule is COc1ccc(C(NC(=O)[C@H](CCCN=C(N)NS(=O)(=O)c2c(C)c(C)c3c(c2C)CC(C)(C)O3)NC(=O)OCC2c3ccccc3-c3ccccc32)c2ccc(OCC(=O)NC(c3ccc(C)cc3)c3ccc(C)cc3)cc2)c(OC)c1. The van der Waals surface area contributed by atoms with Crippen LogP contribution >= 0.6 is 0 Å². The van der Waals surface area contributed by atoms with Gasteiger partial charge in [0.25, 0.3) is 15.9 Å². The number of nitrogens with one attached hydrogen (secondary N) is 4. The van der Waals surface area contributed by atoms with E-state index in [-0.39, 0.29) is 55.3 Å². The lowest BCUT2D eigenvalue weighted by Gasteiger charge is -2.26. The van der Waals surface area contributed by atoms with Crippen molar-refractivity contribution in [3.63, 3.8) is 0 Å². The van der Waals surface area contributed by atoms with Gasteiger partial charge in [-0.3, -0.25) is 14.6 Å². The number of aryl methyl sites for hydroxylation is 2. The summed E-state index contributed by atoms with van der Waals surface area (Å²) in [7, 11) is -1.14. The van der Waals surface area contributed by atoms with E-state index in [4.69, 9.17) is 29.4 Å². The van der Waals surface area contributed by atoms with Gasteiger partial charge in [0.05, 0.1) is 31.2 Å². The number of fused-ring (bicyclic) bond motifs is 4. The second-order valence-electron chi connectivity index (χ2n) is 21.8. The first kappa shape index (κ1) is 58.8. The number of hydrogen-bond acceptors (Lipinski definition) is 11. The maximum atomic E-state index is 14.9. The lowest BCUT2D eigenvalue weighted by atomic mass is 9.94. The van der Waals surface area contributed by atoms with Crippen LogP contribution in [-0.2, 0) is 30.8 Å². The van der Waals surface area contributed by atoms with E-state index in [1.165, 1.54) is 14.2 Å². The molecule has 9 rings (SSSR count). The standard InChI is InChI=1S/C66H72N6O10S/c1-39-20-24-44(25-21-39)59(45-26-22-40(2)23-27-45)70-58(73)38-80-47-30-28-46(29-31-47)60(53-33-32-48(78-8)35-57(53)79-9)71-63(74)56(69-65(75)81-37-55-51-17-12-10-15-49(51)50-16-11-13-18-52(50)55)19-14-34-68-64(67)72-83(76,77)62-42(4)41(3)61-54(43(62)5)36-66(6,7)82-61/h10-13,15-18,20-33,35,55-56,59-60H,14,19,34,36-38H2,1-9H3,(H,69,75)(H,70,73)(H,71,74)(H3,67,68,72)/t56-,60?/m0/s1. The van der Waals surface area contributed by atoms with Crippen LogP contribution in [0.15, 0.2) is 149 Å². The van der Waals surface area contributed by atoms with E-state index >= 15 is 0 Å². The van der Waals surface area contributed by atoms with Crippen LogP contribution in [0.25, 0.3) is 11.1 Å². The maximum Gasteiger partial charge on any atom is 0.407 e. The summed E-state index contributed by atoms with van der Waals surface area (Å²) in [5.41, 5.74) is 17.9. The molecular weight excluding hydrogens is 1070 g/mol. The van der Waals surface area contributed by atoms with Gasteiger partial charge in [-0.1, -0.05) is 120 Å². The Hall–Kier alpha value is -8.83. The second-order valence-corrected chi connectivity index (χ2v) is 23.4. The van der Waals surface area contributed by atoms with Gasteiger partial charge in [-0.15, -0.1) is 0 Å². The van der Waals surface area contributed by atoms with Gasteiger partial charge in [-0.25, -0.2) is 17.9 Å². The third kappa shape index (κ3) is 13.4. The van der Waals surface area contributed by atoms with Crippen molar-refractivity contribution in [2.75, 3.05) is 34.0 Å². The van der Waals surface area contributed by atoms with Gasteiger partial charge < -0.3 is 45.4 Å². The number of ether oxygens (including phenoxy) is 5. The van der Waals surface area contributed by atoms with Crippen LogP contribution in [-0.4, -0.2) is 77.9 Å². The molecule has 2 aliphatic rings. The summed E-state index contributed by atoms with van der Waals surface area (Å²) in [6.45, 7) is 13.0. The van der Waals surface area contributed by atoms with E-state index in [0.29, 0.717) is 51.7 Å². The number of aliphatic imine (C=N–C) groups is 1. The molecule has 432 valence electrons. The van der Waals surface area contributed by atoms with Crippen molar-refractivity contribution >= 4 is 33.9 Å². The number of amides is 3. The topological polar surface area (TPSA) is 218 Å². The van der Waals surface area contributed by atoms with Gasteiger partial charge in [0.1, 0.15) is 41.2 Å². The van der Waals surface area contributed by atoms with E-state index in [1.54, 1.807) is 56.3 Å². The average molecular weight is 1140 g/mol. The Labute approximate surface area is 486 Å². The Balaban J connectivity index is 0.936. The number of carbonyl (C=O) groups is 3. The first-order chi connectivity index (χ1) is 39.7. The molecule has 16 nitrogen and oxygen atoms in total. The van der Waals surface area contributed by atoms with Crippen molar-refractivity contribution in [1.82, 2.24) is 20.7 Å². The van der Waals surface area contributed by atoms with E-state index in [9.17, 15) is 22.8 Å². The van der Waals surface area contributed by atoms with Gasteiger partial charge >= 0.3 is 6.09 Å². The lowest BCUT2D eigenvalue weighted by Crippen LogP contribution is -2.48. The molecule has 2 atom stereocenters. The van der Waals surface area contributed by atoms with E-state index in [1.807, 2.05) is 132 Å². The Morgan fingerprint density at radius 1 is 0.699 bits per heavy atom. The van der Waals surface area contributed by atoms with E-state index < -0.39 is 45.8 Å². The molecule has 83 heavy (non-hydrogen) atoms. The van der Waals surface area contributed by atoms with Crippen LogP contribution in [0.5, 0.6) is 23.0 Å². The normalized spacial score (nSPS) is 14.1. The Morgan fingerprint density at radius 2 is 1.28 bits per heavy atom. The van der Waals surface area contributed by atoms with Crippen molar-refractivity contribution in [3.8, 4) is 34.1 Å². The molecule has 1 aliphatic carbocycles. The third-order valence-corrected chi connectivity index (χ3v) is 17.1. The van der Waals surface area contributed by atoms with E-state index in [2.05, 4.69) is 25.7 Å². The van der Waals surface area contributed by atoms with Crippen molar-refractivity contribution in [2.24, 2.45) is 10.7 Å². The monoisotopic (exact) mass is 1140 g/mol. The highest BCUT2D eigenvalue weighted by atomic mass is 32.2. The third-order valence-electron chi connectivity index (χ3n) is 15.4. The number of alkyl carbamates (subject to hydrolysis) is 1. The predicted molar refractivity (Wildman–Crippen MR) is 321 cm³/mol. The number of benzene rings is 7. The zero-order valence-corrected chi connectivity index (χ0v) is 49.2. The highest BCUT2D eigenvalue weighted by Gasteiger charge is 2.37. The summed E-state index contributed by atoms with van der Waals surface area (Å²) in [5.74, 6) is 0.567. The molecule has 0 saturated heterocycles. The number of sulfonamides is 1. The molecule has 3 amide bonds. The Morgan fingerprint density at radius 3 is 1.88 bits per heavy atom. The van der Waals surface area contributed by atoms with Gasteiger partial charge in [-0.05, 0) is 141 Å². The fraction of sp³-hybridized carbons (Fsp3) is 0.303. The van der Waals surface area contributed by atoms with Crippen LogP contribution in [0.2, 0.25) is 0 Å². The summed E-state index contributed by atoms with van der Waals surface area (Å²) < 4.78 is 60.1. The van der Waals surface area contributed by atoms with Crippen LogP contribution in [0, 0.1) is 34.6 Å². The number of methoxy groups -OCH3 is 2. The molecule has 0 saturated carbocycles. The molecule has 17 heteroatoms. The highest BCUT2D eigenvalue weighted by molar-refractivity contribution is 7.90. The molecule has 0 radical (unpaired) electrons. The molecule has 7 aromatic carbocycles. The summed E-state index contributed by atoms with van der Waals surface area (Å²) in [6.07, 6.45) is -0.0589. The molecular formula is C66H72N6O10S. The summed E-state index contributed by atoms with van der Waals surface area (Å²) in [6, 6.07) is 41.8. The first-order valence-electron chi connectivity index (χ1n) is 27.7. The van der Waals surface area contributed by atoms with Crippen molar-refractivity contribution in [1.29, 1.82) is 0 Å². The fourth-order valence-corrected chi connectivity index (χ4v) is 12.6. The number of rotatable bonds is 21. The molecule has 1 aliphatic heterocycles. The average Bonchev–Trinajstić information content (AvgIpc) is 3.46. The number of guanidine groups is 1. The van der Waals surface area contributed by atoms with Crippen LogP contribution in [0.1, 0.15) is 111 Å². The molecule has 0 bridgehead atoms. The predicted octanol–water partition coefficient (Wildman–Crippen LogP) is 10.4. The van der Waals surface area contributed by atoms with E-state index in [0.717, 1.165) is 55.6 Å². The zero-order chi connectivity index (χ0) is 59.2. The van der Waals surface area contributed by atoms with Gasteiger partial charge in [0.15, 0.2) is 6.61 Å². The summed E-state index contributed by atoms with van der Waals surface area (Å²) in [5, 5.41) is 9.13. The number of nitrogens with two attached hydrogens (primary N) is 1. The Bertz CT molecular complexity index is 3590. The van der Waals surface area contributed by atoms with Crippen LogP contribution in [0.4, 0.5) is 4.79 Å². The zero-order valence-electron chi connectivity index (χ0n) is 48.3. The van der Waals surface area contributed by atoms with Crippen molar-refractivity contribution < 1.29 is 46.5 Å². The quantitative estimate of drug-likeness (QED) is 0.0259. The molecule has 1 unspecified atom stereocenters. The van der Waals surface area contributed by atoms with Crippen LogP contribution in [0.3, 0.4) is 0 Å². The minimum absolute atomic E-state index is 0.00444. The summed E-state index contributed by atoms with van der Waals surface area (Å²) >= 11 is 0. The molecule has 1 heterocycles. The van der Waals surface area contributed by atoms with Crippen LogP contribution < -0.4 is 45.4 Å². The van der Waals surface area contributed by atoms with Gasteiger partial charge in [0.2, 0.25) is 11.9 Å². The maximum absolute atomic E-state index is 14.9. The smallest absolute Gasteiger partial charge is 0.407 e. The van der Waals surface area contributed by atoms with Gasteiger partial charge in [0, 0.05) is 36.1 Å². The number of nitrogens with zero attached hydrogens (tertiary/aromatic N) is 1. The number of hydrogen-bond donors (Lipinski definition) is 5. The molecule has 6 N–H and O–H groups in total.